The summed E-state index contributed by atoms with van der Waals surface area (Å²) in [6, 6.07) is 6.64. The molecule has 0 radical (unpaired) electrons. The first kappa shape index (κ1) is 16.8. The van der Waals surface area contributed by atoms with E-state index in [4.69, 9.17) is 21.1 Å². The van der Waals surface area contributed by atoms with E-state index in [1.807, 2.05) is 0 Å². The van der Waals surface area contributed by atoms with Crippen molar-refractivity contribution in [2.45, 2.75) is 13.5 Å². The molecule has 1 aromatic heterocycles. The third kappa shape index (κ3) is 5.59. The van der Waals surface area contributed by atoms with Gasteiger partial charge in [0.2, 0.25) is 0 Å². The second-order valence-electron chi connectivity index (χ2n) is 4.40. The second kappa shape index (κ2) is 8.14. The predicted octanol–water partition coefficient (Wildman–Crippen LogP) is 1.51. The first-order valence-electron chi connectivity index (χ1n) is 6.81. The molecule has 1 amide bonds. The smallest absolute Gasteiger partial charge is 0.327 e. The minimum atomic E-state index is -0.429. The Labute approximate surface area is 137 Å². The summed E-state index contributed by atoms with van der Waals surface area (Å²) in [4.78, 5) is 23.1. The van der Waals surface area contributed by atoms with E-state index in [2.05, 4.69) is 15.6 Å². The molecule has 0 saturated carbocycles. The molecule has 1 N–H and O–H groups in total. The Morgan fingerprint density at radius 1 is 1.30 bits per heavy atom. The van der Waals surface area contributed by atoms with Crippen molar-refractivity contribution in [2.24, 2.45) is 0 Å². The number of esters is 1. The average molecular weight is 339 g/mol. The van der Waals surface area contributed by atoms with Gasteiger partial charge in [-0.1, -0.05) is 16.8 Å². The van der Waals surface area contributed by atoms with Gasteiger partial charge in [-0.2, -0.15) is 0 Å². The van der Waals surface area contributed by atoms with Crippen molar-refractivity contribution in [3.05, 3.63) is 35.5 Å². The topological polar surface area (TPSA) is 95.3 Å². The lowest BCUT2D eigenvalue weighted by Gasteiger charge is -2.05. The van der Waals surface area contributed by atoms with Crippen molar-refractivity contribution in [3.63, 3.8) is 0 Å². The third-order valence-corrected chi connectivity index (χ3v) is 2.84. The Morgan fingerprint density at radius 2 is 2.04 bits per heavy atom. The van der Waals surface area contributed by atoms with Crippen LogP contribution in [-0.4, -0.2) is 40.1 Å². The number of aromatic nitrogens is 3. The molecule has 0 spiro atoms. The zero-order valence-corrected chi connectivity index (χ0v) is 13.1. The Hall–Kier alpha value is -2.61. The third-order valence-electron chi connectivity index (χ3n) is 2.59. The fraction of sp³-hybridized carbons (Fsp3) is 0.286. The highest BCUT2D eigenvalue weighted by atomic mass is 35.5. The highest BCUT2D eigenvalue weighted by Gasteiger charge is 2.09. The number of hydrogen-bond donors (Lipinski definition) is 1. The molecule has 122 valence electrons. The molecule has 0 fully saturated rings. The number of anilines is 1. The van der Waals surface area contributed by atoms with Gasteiger partial charge in [-0.25, -0.2) is 4.68 Å². The van der Waals surface area contributed by atoms with Gasteiger partial charge < -0.3 is 14.8 Å². The van der Waals surface area contributed by atoms with Gasteiger partial charge in [-0.05, 0) is 31.2 Å². The van der Waals surface area contributed by atoms with Crippen molar-refractivity contribution in [3.8, 4) is 5.75 Å². The standard InChI is InChI=1S/C14H15ClN4O4/c1-2-22-14(21)8-19-7-12(17-18-19)16-13(20)9-23-11-5-3-10(15)4-6-11/h3-7H,2,8-9H2,1H3,(H,16,20). The Morgan fingerprint density at radius 3 is 2.74 bits per heavy atom. The molecule has 0 aliphatic rings. The molecular weight excluding hydrogens is 324 g/mol. The number of ether oxygens (including phenoxy) is 2. The van der Waals surface area contributed by atoms with E-state index < -0.39 is 11.9 Å². The molecule has 0 bridgehead atoms. The van der Waals surface area contributed by atoms with E-state index in [9.17, 15) is 9.59 Å². The van der Waals surface area contributed by atoms with E-state index in [-0.39, 0.29) is 19.0 Å². The minimum absolute atomic E-state index is 0.0714. The number of nitrogens with zero attached hydrogens (tertiary/aromatic N) is 3. The van der Waals surface area contributed by atoms with Gasteiger partial charge in [-0.15, -0.1) is 5.10 Å². The number of nitrogens with one attached hydrogen (secondary N) is 1. The van der Waals surface area contributed by atoms with E-state index in [1.54, 1.807) is 31.2 Å². The van der Waals surface area contributed by atoms with Gasteiger partial charge in [0.05, 0.1) is 12.8 Å². The van der Waals surface area contributed by atoms with Gasteiger partial charge in [-0.3, -0.25) is 9.59 Å². The van der Waals surface area contributed by atoms with Crippen LogP contribution in [0.5, 0.6) is 5.75 Å². The largest absolute Gasteiger partial charge is 0.484 e. The van der Waals surface area contributed by atoms with Gasteiger partial charge >= 0.3 is 5.97 Å². The Kier molecular flexibility index (Phi) is 5.93. The van der Waals surface area contributed by atoms with Gasteiger partial charge in [0.25, 0.3) is 5.91 Å². The lowest BCUT2D eigenvalue weighted by atomic mass is 10.3. The molecule has 0 atom stereocenters. The van der Waals surface area contributed by atoms with E-state index in [1.165, 1.54) is 10.9 Å². The SMILES string of the molecule is CCOC(=O)Cn1cc(NC(=O)COc2ccc(Cl)cc2)nn1. The minimum Gasteiger partial charge on any atom is -0.484 e. The Bertz CT molecular complexity index is 672. The van der Waals surface area contributed by atoms with Crippen LogP contribution in [0, 0.1) is 0 Å². The van der Waals surface area contributed by atoms with Crippen LogP contribution in [0.3, 0.4) is 0 Å². The monoisotopic (exact) mass is 338 g/mol. The van der Waals surface area contributed by atoms with Crippen molar-refractivity contribution in [2.75, 3.05) is 18.5 Å². The molecule has 2 rings (SSSR count). The van der Waals surface area contributed by atoms with Crippen molar-refractivity contribution < 1.29 is 19.1 Å². The number of hydrogen-bond acceptors (Lipinski definition) is 6. The molecular formula is C14H15ClN4O4. The van der Waals surface area contributed by atoms with Crippen molar-refractivity contribution in [1.82, 2.24) is 15.0 Å². The molecule has 0 aliphatic carbocycles. The lowest BCUT2D eigenvalue weighted by molar-refractivity contribution is -0.144. The Balaban J connectivity index is 1.80. The lowest BCUT2D eigenvalue weighted by Crippen LogP contribution is -2.20. The summed E-state index contributed by atoms with van der Waals surface area (Å²) < 4.78 is 11.4. The van der Waals surface area contributed by atoms with Crippen LogP contribution < -0.4 is 10.1 Å². The molecule has 1 aromatic carbocycles. The summed E-state index contributed by atoms with van der Waals surface area (Å²) >= 11 is 5.75. The maximum absolute atomic E-state index is 11.8. The number of carbonyl (C=O) groups excluding carboxylic acids is 2. The molecule has 8 nitrogen and oxygen atoms in total. The molecule has 2 aromatic rings. The summed E-state index contributed by atoms with van der Waals surface area (Å²) in [6.45, 7) is 1.75. The summed E-state index contributed by atoms with van der Waals surface area (Å²) in [7, 11) is 0. The summed E-state index contributed by atoms with van der Waals surface area (Å²) in [5.74, 6) is -0.0843. The van der Waals surface area contributed by atoms with Crippen LogP contribution in [0.1, 0.15) is 6.92 Å². The van der Waals surface area contributed by atoms with Crippen molar-refractivity contribution >= 4 is 29.3 Å². The van der Waals surface area contributed by atoms with Gasteiger partial charge in [0.1, 0.15) is 12.3 Å². The van der Waals surface area contributed by atoms with Crippen LogP contribution in [-0.2, 0) is 20.9 Å². The first-order valence-corrected chi connectivity index (χ1v) is 7.18. The highest BCUT2D eigenvalue weighted by molar-refractivity contribution is 6.30. The molecule has 0 unspecified atom stereocenters. The molecule has 1 heterocycles. The maximum atomic E-state index is 11.8. The van der Waals surface area contributed by atoms with Crippen LogP contribution in [0.2, 0.25) is 5.02 Å². The van der Waals surface area contributed by atoms with Crippen LogP contribution in [0.15, 0.2) is 30.5 Å². The maximum Gasteiger partial charge on any atom is 0.327 e. The van der Waals surface area contributed by atoms with Gasteiger partial charge in [0.15, 0.2) is 12.4 Å². The van der Waals surface area contributed by atoms with Gasteiger partial charge in [0, 0.05) is 5.02 Å². The number of halogens is 1. The number of rotatable bonds is 7. The van der Waals surface area contributed by atoms with Crippen molar-refractivity contribution in [1.29, 1.82) is 0 Å². The van der Waals surface area contributed by atoms with E-state index >= 15 is 0 Å². The average Bonchev–Trinajstić information content (AvgIpc) is 2.94. The summed E-state index contributed by atoms with van der Waals surface area (Å²) in [6.07, 6.45) is 1.43. The quantitative estimate of drug-likeness (QED) is 0.769. The van der Waals surface area contributed by atoms with E-state index in [0.29, 0.717) is 17.4 Å². The van der Waals surface area contributed by atoms with E-state index in [0.717, 1.165) is 0 Å². The highest BCUT2D eigenvalue weighted by Crippen LogP contribution is 2.15. The zero-order chi connectivity index (χ0) is 16.7. The summed E-state index contributed by atoms with van der Waals surface area (Å²) in [5.41, 5.74) is 0. The second-order valence-corrected chi connectivity index (χ2v) is 4.83. The fourth-order valence-corrected chi connectivity index (χ4v) is 1.76. The normalized spacial score (nSPS) is 10.2. The zero-order valence-electron chi connectivity index (χ0n) is 12.4. The fourth-order valence-electron chi connectivity index (χ4n) is 1.63. The molecule has 23 heavy (non-hydrogen) atoms. The first-order chi connectivity index (χ1) is 11.1. The predicted molar refractivity (Wildman–Crippen MR) is 82.2 cm³/mol. The van der Waals surface area contributed by atoms with Crippen LogP contribution in [0.4, 0.5) is 5.82 Å². The number of carbonyl (C=O) groups is 2. The number of benzene rings is 1. The number of amides is 1. The molecule has 0 saturated heterocycles. The molecule has 0 aliphatic heterocycles. The van der Waals surface area contributed by atoms with Crippen LogP contribution in [0.25, 0.3) is 0 Å². The summed E-state index contributed by atoms with van der Waals surface area (Å²) in [5, 5.41) is 10.5. The van der Waals surface area contributed by atoms with Crippen LogP contribution >= 0.6 is 11.6 Å². The molecule has 9 heteroatoms.